The lowest BCUT2D eigenvalue weighted by Crippen LogP contribution is -2.22. The normalized spacial score (nSPS) is 12.9. The highest BCUT2D eigenvalue weighted by Gasteiger charge is 2.02. The van der Waals surface area contributed by atoms with Crippen LogP contribution in [0, 0.1) is 0 Å². The van der Waals surface area contributed by atoms with Crippen molar-refractivity contribution in [1.82, 2.24) is 0 Å². The van der Waals surface area contributed by atoms with Crippen molar-refractivity contribution in [3.05, 3.63) is 16.5 Å². The molecular formula is C7H10ClNO2S. The van der Waals surface area contributed by atoms with E-state index in [1.54, 1.807) is 6.07 Å². The van der Waals surface area contributed by atoms with Crippen molar-refractivity contribution in [2.75, 3.05) is 18.5 Å². The molecule has 0 saturated carbocycles. The summed E-state index contributed by atoms with van der Waals surface area (Å²) in [5.74, 6) is 0. The Bertz CT molecular complexity index is 241. The summed E-state index contributed by atoms with van der Waals surface area (Å²) in [6.45, 7) is 0.111. The maximum Gasteiger partial charge on any atom is 0.0950 e. The quantitative estimate of drug-likeness (QED) is 0.695. The van der Waals surface area contributed by atoms with E-state index in [1.807, 2.05) is 6.07 Å². The van der Waals surface area contributed by atoms with E-state index in [0.29, 0.717) is 10.9 Å². The summed E-state index contributed by atoms with van der Waals surface area (Å²) in [6, 6.07) is 3.61. The molecule has 5 heteroatoms. The lowest BCUT2D eigenvalue weighted by molar-refractivity contribution is 0.105. The molecule has 0 aliphatic heterocycles. The zero-order valence-corrected chi connectivity index (χ0v) is 7.90. The first-order valence-corrected chi connectivity index (χ1v) is 4.70. The molecule has 12 heavy (non-hydrogen) atoms. The molecule has 0 amide bonds. The zero-order chi connectivity index (χ0) is 8.97. The molecule has 3 N–H and O–H groups in total. The van der Waals surface area contributed by atoms with E-state index in [0.717, 1.165) is 5.00 Å². The SMILES string of the molecule is OCC(O)CNc1ccc(Cl)s1. The minimum absolute atomic E-state index is 0.230. The molecule has 0 bridgehead atoms. The highest BCUT2D eigenvalue weighted by Crippen LogP contribution is 2.25. The van der Waals surface area contributed by atoms with Gasteiger partial charge in [-0.2, -0.15) is 0 Å². The van der Waals surface area contributed by atoms with Crippen molar-refractivity contribution >= 4 is 27.9 Å². The van der Waals surface area contributed by atoms with Gasteiger partial charge in [0.1, 0.15) is 0 Å². The number of halogens is 1. The van der Waals surface area contributed by atoms with Crippen LogP contribution in [0.1, 0.15) is 0 Å². The van der Waals surface area contributed by atoms with Crippen LogP contribution in [0.4, 0.5) is 5.00 Å². The third-order valence-corrected chi connectivity index (χ3v) is 2.48. The fourth-order valence-corrected chi connectivity index (χ4v) is 1.64. The average Bonchev–Trinajstić information content (AvgIpc) is 2.47. The monoisotopic (exact) mass is 207 g/mol. The van der Waals surface area contributed by atoms with E-state index in [9.17, 15) is 0 Å². The summed E-state index contributed by atoms with van der Waals surface area (Å²) in [5, 5.41) is 21.3. The molecule has 1 unspecified atom stereocenters. The number of aliphatic hydroxyl groups is 2. The second-order valence-electron chi connectivity index (χ2n) is 2.32. The van der Waals surface area contributed by atoms with Gasteiger partial charge < -0.3 is 15.5 Å². The van der Waals surface area contributed by atoms with E-state index in [2.05, 4.69) is 5.32 Å². The summed E-state index contributed by atoms with van der Waals surface area (Å²) in [4.78, 5) is 0. The van der Waals surface area contributed by atoms with Crippen LogP contribution < -0.4 is 5.32 Å². The Hall–Kier alpha value is -0.290. The molecule has 0 fully saturated rings. The number of thiophene rings is 1. The number of hydrogen-bond acceptors (Lipinski definition) is 4. The van der Waals surface area contributed by atoms with Crippen molar-refractivity contribution in [3.8, 4) is 0 Å². The Balaban J connectivity index is 2.33. The van der Waals surface area contributed by atoms with Crippen LogP contribution >= 0.6 is 22.9 Å². The third-order valence-electron chi connectivity index (χ3n) is 1.30. The van der Waals surface area contributed by atoms with Crippen LogP contribution in [0.15, 0.2) is 12.1 Å². The fraction of sp³-hybridized carbons (Fsp3) is 0.429. The van der Waals surface area contributed by atoms with Crippen LogP contribution in [0.2, 0.25) is 4.34 Å². The van der Waals surface area contributed by atoms with E-state index in [4.69, 9.17) is 21.8 Å². The van der Waals surface area contributed by atoms with Crippen molar-refractivity contribution in [1.29, 1.82) is 0 Å². The van der Waals surface area contributed by atoms with Crippen molar-refractivity contribution in [3.63, 3.8) is 0 Å². The third kappa shape index (κ3) is 2.98. The molecule has 3 nitrogen and oxygen atoms in total. The molecule has 0 saturated heterocycles. The minimum atomic E-state index is -0.717. The van der Waals surface area contributed by atoms with Crippen molar-refractivity contribution in [2.45, 2.75) is 6.10 Å². The van der Waals surface area contributed by atoms with Gasteiger partial charge in [-0.15, -0.1) is 11.3 Å². The molecule has 0 spiro atoms. The van der Waals surface area contributed by atoms with Gasteiger partial charge in [0.2, 0.25) is 0 Å². The van der Waals surface area contributed by atoms with Gasteiger partial charge in [-0.3, -0.25) is 0 Å². The molecule has 0 aliphatic carbocycles. The van der Waals surface area contributed by atoms with Gasteiger partial charge in [0.15, 0.2) is 0 Å². The summed E-state index contributed by atoms with van der Waals surface area (Å²) in [6.07, 6.45) is -0.717. The molecule has 1 atom stereocenters. The highest BCUT2D eigenvalue weighted by atomic mass is 35.5. The second-order valence-corrected chi connectivity index (χ2v) is 4.04. The van der Waals surface area contributed by atoms with Crippen LogP contribution in [-0.4, -0.2) is 29.5 Å². The predicted molar refractivity (Wildman–Crippen MR) is 50.9 cm³/mol. The van der Waals surface area contributed by atoms with Crippen LogP contribution in [0.25, 0.3) is 0 Å². The van der Waals surface area contributed by atoms with Gasteiger partial charge >= 0.3 is 0 Å². The molecule has 1 heterocycles. The lowest BCUT2D eigenvalue weighted by Gasteiger charge is -2.07. The first-order valence-electron chi connectivity index (χ1n) is 3.50. The van der Waals surface area contributed by atoms with Gasteiger partial charge in [0, 0.05) is 6.54 Å². The molecule has 0 aliphatic rings. The Morgan fingerprint density at radius 3 is 2.83 bits per heavy atom. The van der Waals surface area contributed by atoms with E-state index in [-0.39, 0.29) is 6.61 Å². The van der Waals surface area contributed by atoms with Gasteiger partial charge in [-0.25, -0.2) is 0 Å². The molecule has 1 aromatic heterocycles. The average molecular weight is 208 g/mol. The van der Waals surface area contributed by atoms with Gasteiger partial charge in [0.05, 0.1) is 22.0 Å². The first-order chi connectivity index (χ1) is 5.72. The Labute approximate surface area is 79.6 Å². The number of nitrogens with one attached hydrogen (secondary N) is 1. The molecule has 68 valence electrons. The Morgan fingerprint density at radius 2 is 2.33 bits per heavy atom. The molecule has 0 radical (unpaired) electrons. The highest BCUT2D eigenvalue weighted by molar-refractivity contribution is 7.19. The number of aliphatic hydroxyl groups excluding tert-OH is 2. The maximum atomic E-state index is 8.99. The van der Waals surface area contributed by atoms with Gasteiger partial charge in [0.25, 0.3) is 0 Å². The van der Waals surface area contributed by atoms with Crippen molar-refractivity contribution in [2.24, 2.45) is 0 Å². The Morgan fingerprint density at radius 1 is 1.58 bits per heavy atom. The number of anilines is 1. The van der Waals surface area contributed by atoms with Crippen LogP contribution in [-0.2, 0) is 0 Å². The second kappa shape index (κ2) is 4.67. The molecule has 0 aromatic carbocycles. The van der Waals surface area contributed by atoms with E-state index >= 15 is 0 Å². The standard InChI is InChI=1S/C7H10ClNO2S/c8-6-1-2-7(12-6)9-3-5(11)4-10/h1-2,5,9-11H,3-4H2. The summed E-state index contributed by atoms with van der Waals surface area (Å²) < 4.78 is 0.705. The van der Waals surface area contributed by atoms with E-state index in [1.165, 1.54) is 11.3 Å². The maximum absolute atomic E-state index is 8.99. The first kappa shape index (κ1) is 9.80. The molecule has 1 aromatic rings. The largest absolute Gasteiger partial charge is 0.394 e. The van der Waals surface area contributed by atoms with Crippen LogP contribution in [0.3, 0.4) is 0 Å². The van der Waals surface area contributed by atoms with Crippen molar-refractivity contribution < 1.29 is 10.2 Å². The van der Waals surface area contributed by atoms with E-state index < -0.39 is 6.10 Å². The number of hydrogen-bond donors (Lipinski definition) is 3. The summed E-state index contributed by atoms with van der Waals surface area (Å²) >= 11 is 7.08. The topological polar surface area (TPSA) is 52.5 Å². The van der Waals surface area contributed by atoms with Gasteiger partial charge in [-0.1, -0.05) is 11.6 Å². The van der Waals surface area contributed by atoms with Gasteiger partial charge in [-0.05, 0) is 12.1 Å². The molecule has 1 rings (SSSR count). The van der Waals surface area contributed by atoms with Crippen LogP contribution in [0.5, 0.6) is 0 Å². The lowest BCUT2D eigenvalue weighted by atomic mass is 10.4. The smallest absolute Gasteiger partial charge is 0.0950 e. The zero-order valence-electron chi connectivity index (χ0n) is 6.33. The molecular weight excluding hydrogens is 198 g/mol. The minimum Gasteiger partial charge on any atom is -0.394 e. The summed E-state index contributed by atoms with van der Waals surface area (Å²) in [7, 11) is 0. The Kier molecular flexibility index (Phi) is 3.81. The predicted octanol–water partition coefficient (Wildman–Crippen LogP) is 1.17. The summed E-state index contributed by atoms with van der Waals surface area (Å²) in [5.41, 5.74) is 0. The number of rotatable bonds is 4. The fourth-order valence-electron chi connectivity index (χ4n) is 0.692.